The molecular weight excluding hydrogens is 222 g/mol. The van der Waals surface area contributed by atoms with E-state index in [-0.39, 0.29) is 0 Å². The summed E-state index contributed by atoms with van der Waals surface area (Å²) < 4.78 is 2.19. The van der Waals surface area contributed by atoms with E-state index >= 15 is 0 Å². The molecule has 4 rings (SSSR count). The van der Waals surface area contributed by atoms with Gasteiger partial charge in [-0.15, -0.1) is 0 Å². The van der Waals surface area contributed by atoms with Gasteiger partial charge in [0.2, 0.25) is 0 Å². The molecule has 2 heterocycles. The molecule has 2 aromatic carbocycles. The highest BCUT2D eigenvalue weighted by molar-refractivity contribution is 5.90. The quantitative estimate of drug-likeness (QED) is 0.536. The molecule has 18 heavy (non-hydrogen) atoms. The summed E-state index contributed by atoms with van der Waals surface area (Å²) in [4.78, 5) is 0. The molecule has 0 aliphatic heterocycles. The Hall–Kier alpha value is -2.55. The monoisotopic (exact) mass is 233 g/mol. The number of nitrogens with zero attached hydrogens (tertiary/aromatic N) is 2. The Bertz CT molecular complexity index is 839. The summed E-state index contributed by atoms with van der Waals surface area (Å²) in [6, 6.07) is 16.7. The molecule has 0 aliphatic rings. The number of hydrogen-bond acceptors (Lipinski definition) is 1. The van der Waals surface area contributed by atoms with Gasteiger partial charge in [-0.05, 0) is 23.6 Å². The smallest absolute Gasteiger partial charge is 0.0890 e. The predicted octanol–water partition coefficient (Wildman–Crippen LogP) is 3.51. The SMILES string of the molecule is c1cc(-n2ccc3ccccc32)c2[nH]ncc2c1. The van der Waals surface area contributed by atoms with Crippen molar-refractivity contribution in [2.24, 2.45) is 0 Å². The third kappa shape index (κ3) is 1.21. The second-order valence-corrected chi connectivity index (χ2v) is 4.36. The predicted molar refractivity (Wildman–Crippen MR) is 72.9 cm³/mol. The molecule has 3 nitrogen and oxygen atoms in total. The molecular formula is C15H11N3. The van der Waals surface area contributed by atoms with Gasteiger partial charge < -0.3 is 4.57 Å². The molecule has 1 N–H and O–H groups in total. The number of fused-ring (bicyclic) bond motifs is 2. The fourth-order valence-corrected chi connectivity index (χ4v) is 2.45. The lowest BCUT2D eigenvalue weighted by Gasteiger charge is -2.06. The van der Waals surface area contributed by atoms with E-state index in [0.717, 1.165) is 16.6 Å². The number of benzene rings is 2. The molecule has 0 unspecified atom stereocenters. The van der Waals surface area contributed by atoms with Gasteiger partial charge in [-0.1, -0.05) is 30.3 Å². The van der Waals surface area contributed by atoms with Gasteiger partial charge in [-0.2, -0.15) is 5.10 Å². The second-order valence-electron chi connectivity index (χ2n) is 4.36. The van der Waals surface area contributed by atoms with Crippen LogP contribution in [0.1, 0.15) is 0 Å². The van der Waals surface area contributed by atoms with E-state index in [1.54, 1.807) is 0 Å². The third-order valence-electron chi connectivity index (χ3n) is 3.31. The first-order valence-corrected chi connectivity index (χ1v) is 5.92. The number of aromatic amines is 1. The van der Waals surface area contributed by atoms with Crippen molar-refractivity contribution >= 4 is 21.8 Å². The molecule has 2 aromatic heterocycles. The topological polar surface area (TPSA) is 33.6 Å². The highest BCUT2D eigenvalue weighted by Crippen LogP contribution is 2.25. The molecule has 0 aliphatic carbocycles. The highest BCUT2D eigenvalue weighted by Gasteiger charge is 2.07. The van der Waals surface area contributed by atoms with E-state index in [2.05, 4.69) is 69.5 Å². The van der Waals surface area contributed by atoms with Gasteiger partial charge in [0.1, 0.15) is 0 Å². The molecule has 0 spiro atoms. The molecule has 0 fully saturated rings. The van der Waals surface area contributed by atoms with Gasteiger partial charge in [0.05, 0.1) is 22.9 Å². The van der Waals surface area contributed by atoms with Crippen LogP contribution in [0.2, 0.25) is 0 Å². The second kappa shape index (κ2) is 3.47. The summed E-state index contributed by atoms with van der Waals surface area (Å²) in [6.45, 7) is 0. The average molecular weight is 233 g/mol. The zero-order chi connectivity index (χ0) is 11.9. The zero-order valence-corrected chi connectivity index (χ0v) is 9.67. The van der Waals surface area contributed by atoms with E-state index in [4.69, 9.17) is 0 Å². The van der Waals surface area contributed by atoms with Gasteiger partial charge >= 0.3 is 0 Å². The number of nitrogens with one attached hydrogen (secondary N) is 1. The highest BCUT2D eigenvalue weighted by atomic mass is 15.1. The molecule has 0 bridgehead atoms. The van der Waals surface area contributed by atoms with Crippen molar-refractivity contribution < 1.29 is 0 Å². The maximum absolute atomic E-state index is 4.11. The first-order valence-electron chi connectivity index (χ1n) is 5.92. The van der Waals surface area contributed by atoms with Crippen molar-refractivity contribution in [2.75, 3.05) is 0 Å². The van der Waals surface area contributed by atoms with Gasteiger partial charge in [0, 0.05) is 11.6 Å². The maximum atomic E-state index is 4.11. The normalized spacial score (nSPS) is 11.3. The van der Waals surface area contributed by atoms with Crippen LogP contribution in [0.3, 0.4) is 0 Å². The van der Waals surface area contributed by atoms with Crippen LogP contribution in [-0.2, 0) is 0 Å². The largest absolute Gasteiger partial charge is 0.314 e. The minimum absolute atomic E-state index is 1.07. The van der Waals surface area contributed by atoms with Crippen LogP contribution in [0.25, 0.3) is 27.5 Å². The van der Waals surface area contributed by atoms with Crippen LogP contribution < -0.4 is 0 Å². The van der Waals surface area contributed by atoms with Crippen molar-refractivity contribution in [3.8, 4) is 5.69 Å². The van der Waals surface area contributed by atoms with E-state index < -0.39 is 0 Å². The number of H-pyrrole nitrogens is 1. The molecule has 0 radical (unpaired) electrons. The van der Waals surface area contributed by atoms with Gasteiger partial charge in [-0.25, -0.2) is 0 Å². The summed E-state index contributed by atoms with van der Waals surface area (Å²) in [5.74, 6) is 0. The first-order chi connectivity index (χ1) is 8.93. The van der Waals surface area contributed by atoms with Crippen LogP contribution >= 0.6 is 0 Å². The summed E-state index contributed by atoms with van der Waals surface area (Å²) in [6.07, 6.45) is 3.95. The Morgan fingerprint density at radius 1 is 0.889 bits per heavy atom. The van der Waals surface area contributed by atoms with Gasteiger partial charge in [-0.3, -0.25) is 5.10 Å². The van der Waals surface area contributed by atoms with Crippen molar-refractivity contribution in [1.29, 1.82) is 0 Å². The minimum Gasteiger partial charge on any atom is -0.314 e. The zero-order valence-electron chi connectivity index (χ0n) is 9.67. The standard InChI is InChI=1S/C15H11N3/c1-2-6-13-11(4-1)8-9-18(13)14-7-3-5-12-10-16-17-15(12)14/h1-10H,(H,16,17). The summed E-state index contributed by atoms with van der Waals surface area (Å²) in [7, 11) is 0. The Labute approximate surface area is 104 Å². The summed E-state index contributed by atoms with van der Waals surface area (Å²) >= 11 is 0. The van der Waals surface area contributed by atoms with E-state index in [1.165, 1.54) is 10.9 Å². The van der Waals surface area contributed by atoms with Crippen molar-refractivity contribution in [1.82, 2.24) is 14.8 Å². The van der Waals surface area contributed by atoms with Crippen LogP contribution in [0.5, 0.6) is 0 Å². The number of rotatable bonds is 1. The number of hydrogen-bond donors (Lipinski definition) is 1. The lowest BCUT2D eigenvalue weighted by Crippen LogP contribution is -1.92. The Morgan fingerprint density at radius 2 is 1.78 bits per heavy atom. The van der Waals surface area contributed by atoms with E-state index in [9.17, 15) is 0 Å². The number of para-hydroxylation sites is 2. The molecule has 0 atom stereocenters. The average Bonchev–Trinajstić information content (AvgIpc) is 3.05. The number of aromatic nitrogens is 3. The molecule has 0 amide bonds. The van der Waals surface area contributed by atoms with Gasteiger partial charge in [0.25, 0.3) is 0 Å². The third-order valence-corrected chi connectivity index (χ3v) is 3.31. The van der Waals surface area contributed by atoms with Crippen LogP contribution in [0.15, 0.2) is 60.9 Å². The molecule has 3 heteroatoms. The van der Waals surface area contributed by atoms with Crippen LogP contribution in [0, 0.1) is 0 Å². The molecule has 4 aromatic rings. The van der Waals surface area contributed by atoms with Crippen molar-refractivity contribution in [3.05, 3.63) is 60.9 Å². The lowest BCUT2D eigenvalue weighted by molar-refractivity contribution is 1.09. The minimum atomic E-state index is 1.07. The van der Waals surface area contributed by atoms with Crippen molar-refractivity contribution in [2.45, 2.75) is 0 Å². The Kier molecular flexibility index (Phi) is 1.83. The Morgan fingerprint density at radius 3 is 2.78 bits per heavy atom. The summed E-state index contributed by atoms with van der Waals surface area (Å²) in [5, 5.41) is 9.56. The van der Waals surface area contributed by atoms with Crippen molar-refractivity contribution in [3.63, 3.8) is 0 Å². The fourth-order valence-electron chi connectivity index (χ4n) is 2.45. The molecule has 0 saturated carbocycles. The van der Waals surface area contributed by atoms with Crippen LogP contribution in [-0.4, -0.2) is 14.8 Å². The molecule has 86 valence electrons. The first kappa shape index (κ1) is 9.48. The Balaban J connectivity index is 2.10. The van der Waals surface area contributed by atoms with E-state index in [1.807, 2.05) is 6.20 Å². The molecule has 0 saturated heterocycles. The lowest BCUT2D eigenvalue weighted by atomic mass is 10.2. The summed E-state index contributed by atoms with van der Waals surface area (Å²) in [5.41, 5.74) is 3.41. The van der Waals surface area contributed by atoms with Gasteiger partial charge in [0.15, 0.2) is 0 Å². The van der Waals surface area contributed by atoms with Crippen LogP contribution in [0.4, 0.5) is 0 Å². The fraction of sp³-hybridized carbons (Fsp3) is 0. The maximum Gasteiger partial charge on any atom is 0.0890 e. The van der Waals surface area contributed by atoms with E-state index in [0.29, 0.717) is 0 Å².